The molecule has 11 heteroatoms. The number of phenolic OH excluding ortho intramolecular Hbond substituents is 1. The number of sulfonamides is 1. The average Bonchev–Trinajstić information content (AvgIpc) is 2.67. The van der Waals surface area contributed by atoms with Crippen LogP contribution >= 0.6 is 35.8 Å². The number of carbonyl (C=O) groups is 1. The maximum absolute atomic E-state index is 12.4. The molecule has 2 rings (SSSR count). The molecule has 0 saturated carbocycles. The first-order valence-electron chi connectivity index (χ1n) is 7.79. The quantitative estimate of drug-likeness (QED) is 0.408. The summed E-state index contributed by atoms with van der Waals surface area (Å²) in [7, 11) is -2.80. The summed E-state index contributed by atoms with van der Waals surface area (Å²) in [5.74, 6) is -0.634. The third-order valence-electron chi connectivity index (χ3n) is 3.60. The highest BCUT2D eigenvalue weighted by molar-refractivity contribution is 7.89. The highest BCUT2D eigenvalue weighted by atomic mass is 35.5. The van der Waals surface area contributed by atoms with E-state index in [4.69, 9.17) is 27.9 Å². The Bertz CT molecular complexity index is 951. The number of benzene rings is 2. The van der Waals surface area contributed by atoms with E-state index in [1.807, 2.05) is 0 Å². The molecule has 0 aliphatic carbocycles. The molecule has 7 nitrogen and oxygen atoms in total. The minimum absolute atomic E-state index is 0.0582. The van der Waals surface area contributed by atoms with Gasteiger partial charge in [-0.1, -0.05) is 35.3 Å². The molecule has 0 fully saturated rings. The molecular formula is C17H17Cl2NO6S2. The molecule has 1 atom stereocenters. The Morgan fingerprint density at radius 1 is 1.25 bits per heavy atom. The van der Waals surface area contributed by atoms with Crippen LogP contribution in [0.25, 0.3) is 0 Å². The van der Waals surface area contributed by atoms with Gasteiger partial charge in [0.15, 0.2) is 12.4 Å². The molecule has 2 aromatic rings. The van der Waals surface area contributed by atoms with Crippen molar-refractivity contribution in [1.82, 2.24) is 4.72 Å². The number of methoxy groups -OCH3 is 1. The van der Waals surface area contributed by atoms with Gasteiger partial charge in [0.25, 0.3) is 0 Å². The highest BCUT2D eigenvalue weighted by Gasteiger charge is 2.22. The predicted molar refractivity (Wildman–Crippen MR) is 109 cm³/mol. The zero-order chi connectivity index (χ0) is 20.9. The molecule has 0 radical (unpaired) electrons. The van der Waals surface area contributed by atoms with Crippen molar-refractivity contribution in [3.8, 4) is 11.5 Å². The highest BCUT2D eigenvalue weighted by Crippen LogP contribution is 2.34. The normalized spacial score (nSPS) is 12.4. The van der Waals surface area contributed by atoms with E-state index < -0.39 is 31.9 Å². The van der Waals surface area contributed by atoms with Gasteiger partial charge < -0.3 is 14.6 Å². The van der Waals surface area contributed by atoms with Crippen molar-refractivity contribution in [1.29, 1.82) is 0 Å². The van der Waals surface area contributed by atoms with Crippen LogP contribution in [0.1, 0.15) is 10.8 Å². The summed E-state index contributed by atoms with van der Waals surface area (Å²) in [6.45, 7) is -0.275. The SMILES string of the molecule is COC(=O)COc1ccc(C(S)CNS(=O)(=O)c2cc(Cl)cc(Cl)c2O)cc1. The number of hydrogen-bond donors (Lipinski definition) is 3. The standard InChI is InChI=1S/C17H17Cl2NO6S2/c1-25-16(21)9-26-12-4-2-10(3-5-12)14(27)8-20-28(23,24)15-7-11(18)6-13(19)17(15)22/h2-7,14,20,22,27H,8-9H2,1H3. The second-order valence-corrected chi connectivity index (χ2v) is 8.74. The molecule has 0 heterocycles. The molecule has 2 aromatic carbocycles. The van der Waals surface area contributed by atoms with Crippen LogP contribution in [0.4, 0.5) is 0 Å². The second-order valence-electron chi connectivity index (χ2n) is 5.54. The van der Waals surface area contributed by atoms with Gasteiger partial charge in [-0.25, -0.2) is 17.9 Å². The minimum Gasteiger partial charge on any atom is -0.505 e. The summed E-state index contributed by atoms with van der Waals surface area (Å²) in [6.07, 6.45) is 0. The molecule has 0 aromatic heterocycles. The molecule has 28 heavy (non-hydrogen) atoms. The summed E-state index contributed by atoms with van der Waals surface area (Å²) >= 11 is 16.0. The lowest BCUT2D eigenvalue weighted by Gasteiger charge is -2.14. The van der Waals surface area contributed by atoms with Crippen molar-refractivity contribution >= 4 is 51.8 Å². The number of aromatic hydroxyl groups is 1. The summed E-state index contributed by atoms with van der Waals surface area (Å²) in [5, 5.41) is 9.33. The van der Waals surface area contributed by atoms with Crippen LogP contribution < -0.4 is 9.46 Å². The van der Waals surface area contributed by atoms with Gasteiger partial charge in [0.05, 0.1) is 12.1 Å². The summed E-state index contributed by atoms with van der Waals surface area (Å²) in [4.78, 5) is 10.6. The fourth-order valence-corrected chi connectivity index (χ4v) is 4.31. The Kier molecular flexibility index (Phi) is 7.85. The monoisotopic (exact) mass is 465 g/mol. The van der Waals surface area contributed by atoms with Gasteiger partial charge in [-0.3, -0.25) is 0 Å². The first-order chi connectivity index (χ1) is 13.1. The van der Waals surface area contributed by atoms with Crippen molar-refractivity contribution in [3.63, 3.8) is 0 Å². The van der Waals surface area contributed by atoms with Crippen LogP contribution in [0.15, 0.2) is 41.3 Å². The van der Waals surface area contributed by atoms with Gasteiger partial charge in [0, 0.05) is 16.8 Å². The van der Waals surface area contributed by atoms with Crippen LogP contribution in [-0.4, -0.2) is 39.8 Å². The minimum atomic E-state index is -4.06. The molecule has 0 amide bonds. The van der Waals surface area contributed by atoms with Crippen LogP contribution in [0.2, 0.25) is 10.0 Å². The molecule has 0 aliphatic rings. The Morgan fingerprint density at radius 3 is 2.50 bits per heavy atom. The second kappa shape index (κ2) is 9.71. The first-order valence-corrected chi connectivity index (χ1v) is 10.5. The first kappa shape index (κ1) is 22.6. The molecule has 0 aliphatic heterocycles. The van der Waals surface area contributed by atoms with E-state index in [0.717, 1.165) is 6.07 Å². The number of ether oxygens (including phenoxy) is 2. The van der Waals surface area contributed by atoms with Gasteiger partial charge in [0.1, 0.15) is 10.6 Å². The third-order valence-corrected chi connectivity index (χ3v) is 6.02. The van der Waals surface area contributed by atoms with Gasteiger partial charge in [-0.2, -0.15) is 12.6 Å². The van der Waals surface area contributed by atoms with E-state index >= 15 is 0 Å². The van der Waals surface area contributed by atoms with Crippen LogP contribution in [-0.2, 0) is 19.6 Å². The van der Waals surface area contributed by atoms with E-state index in [1.54, 1.807) is 24.3 Å². The fraction of sp³-hybridized carbons (Fsp3) is 0.235. The largest absolute Gasteiger partial charge is 0.505 e. The molecule has 0 spiro atoms. The Labute approximate surface area is 178 Å². The molecule has 0 saturated heterocycles. The van der Waals surface area contributed by atoms with Crippen LogP contribution in [0.3, 0.4) is 0 Å². The number of phenols is 1. The van der Waals surface area contributed by atoms with E-state index in [2.05, 4.69) is 22.1 Å². The molecule has 2 N–H and O–H groups in total. The van der Waals surface area contributed by atoms with Crippen LogP contribution in [0, 0.1) is 0 Å². The Morgan fingerprint density at radius 2 is 1.89 bits per heavy atom. The van der Waals surface area contributed by atoms with Crippen molar-refractivity contribution in [2.75, 3.05) is 20.3 Å². The van der Waals surface area contributed by atoms with E-state index in [9.17, 15) is 18.3 Å². The van der Waals surface area contributed by atoms with Gasteiger partial charge in [-0.05, 0) is 29.8 Å². The maximum Gasteiger partial charge on any atom is 0.343 e. The van der Waals surface area contributed by atoms with Crippen molar-refractivity contribution in [2.45, 2.75) is 10.1 Å². The lowest BCUT2D eigenvalue weighted by Crippen LogP contribution is -2.27. The van der Waals surface area contributed by atoms with Crippen molar-refractivity contribution in [3.05, 3.63) is 52.0 Å². The number of rotatable bonds is 8. The van der Waals surface area contributed by atoms with Crippen LogP contribution in [0.5, 0.6) is 11.5 Å². The number of carbonyl (C=O) groups excluding carboxylic acids is 1. The Hall–Kier alpha value is -1.65. The predicted octanol–water partition coefficient (Wildman–Crippen LogP) is 3.20. The Balaban J connectivity index is 2.03. The molecule has 1 unspecified atom stereocenters. The number of halogens is 2. The van der Waals surface area contributed by atoms with Gasteiger partial charge >= 0.3 is 5.97 Å². The number of thiol groups is 1. The lowest BCUT2D eigenvalue weighted by atomic mass is 10.1. The fourth-order valence-electron chi connectivity index (χ4n) is 2.12. The zero-order valence-electron chi connectivity index (χ0n) is 14.6. The number of hydrogen-bond acceptors (Lipinski definition) is 7. The van der Waals surface area contributed by atoms with Gasteiger partial charge in [0.2, 0.25) is 10.0 Å². The van der Waals surface area contributed by atoms with E-state index in [-0.39, 0.29) is 23.2 Å². The topological polar surface area (TPSA) is 102 Å². The third kappa shape index (κ3) is 5.92. The molecule has 152 valence electrons. The molecular weight excluding hydrogens is 449 g/mol. The van der Waals surface area contributed by atoms with Crippen molar-refractivity contribution < 1.29 is 27.8 Å². The number of nitrogens with one attached hydrogen (secondary N) is 1. The summed E-state index contributed by atoms with van der Waals surface area (Å²) in [6, 6.07) is 8.96. The smallest absolute Gasteiger partial charge is 0.343 e. The lowest BCUT2D eigenvalue weighted by molar-refractivity contribution is -0.142. The maximum atomic E-state index is 12.4. The van der Waals surface area contributed by atoms with E-state index in [0.29, 0.717) is 11.3 Å². The van der Waals surface area contributed by atoms with E-state index in [1.165, 1.54) is 13.2 Å². The summed E-state index contributed by atoms with van der Waals surface area (Å²) < 4.78 is 37.0. The molecule has 0 bridgehead atoms. The number of esters is 1. The summed E-state index contributed by atoms with van der Waals surface area (Å²) in [5.41, 5.74) is 0.713. The zero-order valence-corrected chi connectivity index (χ0v) is 17.8. The van der Waals surface area contributed by atoms with Gasteiger partial charge in [-0.15, -0.1) is 0 Å². The van der Waals surface area contributed by atoms with Crippen molar-refractivity contribution in [2.24, 2.45) is 0 Å². The average molecular weight is 466 g/mol.